The molecule has 1 N–H and O–H groups in total. The Morgan fingerprint density at radius 3 is 2.69 bits per heavy atom. The maximum Gasteiger partial charge on any atom is 0.237 e. The standard InChI is InChI=1S/C10H20N2O3S/c1-12(10(13)8-16(2,14)15)9-4-3-6-11-7-5-9/h9,11H,3-8H2,1-2H3. The van der Waals surface area contributed by atoms with Gasteiger partial charge in [0.1, 0.15) is 5.75 Å². The molecule has 16 heavy (non-hydrogen) atoms. The number of rotatable bonds is 3. The van der Waals surface area contributed by atoms with E-state index in [9.17, 15) is 13.2 Å². The minimum atomic E-state index is -3.22. The third-order valence-electron chi connectivity index (χ3n) is 2.87. The molecule has 1 saturated heterocycles. The van der Waals surface area contributed by atoms with Crippen LogP contribution in [0.15, 0.2) is 0 Å². The SMILES string of the molecule is CN(C(=O)CS(C)(=O)=O)C1CCCNCC1. The van der Waals surface area contributed by atoms with E-state index in [-0.39, 0.29) is 17.7 Å². The van der Waals surface area contributed by atoms with Crippen molar-refractivity contribution in [3.8, 4) is 0 Å². The Hall–Kier alpha value is -0.620. The zero-order valence-corrected chi connectivity index (χ0v) is 10.7. The third kappa shape index (κ3) is 4.49. The number of hydrogen-bond acceptors (Lipinski definition) is 4. The van der Waals surface area contributed by atoms with Crippen molar-refractivity contribution in [1.82, 2.24) is 10.2 Å². The molecule has 6 heteroatoms. The number of nitrogens with one attached hydrogen (secondary N) is 1. The van der Waals surface area contributed by atoms with Crippen LogP contribution in [0, 0.1) is 0 Å². The maximum atomic E-state index is 11.7. The second-order valence-corrected chi connectivity index (χ2v) is 6.55. The molecular weight excluding hydrogens is 228 g/mol. The van der Waals surface area contributed by atoms with Gasteiger partial charge >= 0.3 is 0 Å². The van der Waals surface area contributed by atoms with Crippen molar-refractivity contribution in [2.45, 2.75) is 25.3 Å². The Kier molecular flexibility index (Phi) is 4.73. The molecule has 5 nitrogen and oxygen atoms in total. The lowest BCUT2D eigenvalue weighted by Gasteiger charge is -2.26. The van der Waals surface area contributed by atoms with Crippen LogP contribution < -0.4 is 5.32 Å². The Morgan fingerprint density at radius 1 is 1.38 bits per heavy atom. The molecular formula is C10H20N2O3S. The van der Waals surface area contributed by atoms with Crippen molar-refractivity contribution in [3.63, 3.8) is 0 Å². The highest BCUT2D eigenvalue weighted by atomic mass is 32.2. The van der Waals surface area contributed by atoms with E-state index in [1.54, 1.807) is 11.9 Å². The van der Waals surface area contributed by atoms with Gasteiger partial charge in [-0.3, -0.25) is 4.79 Å². The molecule has 0 bridgehead atoms. The number of carbonyl (C=O) groups excluding carboxylic acids is 1. The van der Waals surface area contributed by atoms with Crippen LogP contribution in [0.25, 0.3) is 0 Å². The monoisotopic (exact) mass is 248 g/mol. The summed E-state index contributed by atoms with van der Waals surface area (Å²) in [6, 6.07) is 0.171. The summed E-state index contributed by atoms with van der Waals surface area (Å²) in [4.78, 5) is 13.3. The molecule has 1 atom stereocenters. The molecule has 1 rings (SSSR count). The number of amides is 1. The second kappa shape index (κ2) is 5.63. The van der Waals surface area contributed by atoms with E-state index in [1.165, 1.54) is 0 Å². The number of hydrogen-bond donors (Lipinski definition) is 1. The average Bonchev–Trinajstić information content (AvgIpc) is 2.41. The van der Waals surface area contributed by atoms with Crippen LogP contribution in [0.2, 0.25) is 0 Å². The molecule has 1 amide bonds. The van der Waals surface area contributed by atoms with E-state index in [0.29, 0.717) is 0 Å². The first-order valence-electron chi connectivity index (χ1n) is 5.54. The summed E-state index contributed by atoms with van der Waals surface area (Å²) >= 11 is 0. The first kappa shape index (κ1) is 13.4. The van der Waals surface area contributed by atoms with Gasteiger partial charge < -0.3 is 10.2 Å². The van der Waals surface area contributed by atoms with Gasteiger partial charge in [-0.1, -0.05) is 0 Å². The van der Waals surface area contributed by atoms with E-state index >= 15 is 0 Å². The van der Waals surface area contributed by atoms with Gasteiger partial charge in [0, 0.05) is 19.3 Å². The summed E-state index contributed by atoms with van der Waals surface area (Å²) in [5, 5.41) is 3.26. The van der Waals surface area contributed by atoms with E-state index in [1.807, 2.05) is 0 Å². The first-order chi connectivity index (χ1) is 7.40. The maximum absolute atomic E-state index is 11.7. The van der Waals surface area contributed by atoms with Crippen molar-refractivity contribution < 1.29 is 13.2 Å². The predicted molar refractivity (Wildman–Crippen MR) is 63.0 cm³/mol. The fourth-order valence-corrected chi connectivity index (χ4v) is 2.57. The second-order valence-electron chi connectivity index (χ2n) is 4.41. The normalized spacial score (nSPS) is 22.5. The summed E-state index contributed by atoms with van der Waals surface area (Å²) in [5.41, 5.74) is 0. The minimum absolute atomic E-state index is 0.171. The summed E-state index contributed by atoms with van der Waals surface area (Å²) in [6.45, 7) is 1.87. The molecule has 1 aliphatic rings. The van der Waals surface area contributed by atoms with Crippen molar-refractivity contribution in [2.24, 2.45) is 0 Å². The lowest BCUT2D eigenvalue weighted by atomic mass is 10.1. The molecule has 0 radical (unpaired) electrons. The zero-order valence-electron chi connectivity index (χ0n) is 9.90. The van der Waals surface area contributed by atoms with Crippen molar-refractivity contribution >= 4 is 15.7 Å². The van der Waals surface area contributed by atoms with Crippen LogP contribution in [0.1, 0.15) is 19.3 Å². The van der Waals surface area contributed by atoms with Crippen LogP contribution in [0.4, 0.5) is 0 Å². The van der Waals surface area contributed by atoms with Crippen LogP contribution in [-0.2, 0) is 14.6 Å². The Labute approximate surface area is 97.1 Å². The lowest BCUT2D eigenvalue weighted by Crippen LogP contribution is -2.40. The summed E-state index contributed by atoms with van der Waals surface area (Å²) < 4.78 is 22.1. The molecule has 1 aliphatic heterocycles. The summed E-state index contributed by atoms with van der Waals surface area (Å²) in [5.74, 6) is -0.678. The molecule has 0 aromatic rings. The molecule has 0 spiro atoms. The van der Waals surface area contributed by atoms with Crippen molar-refractivity contribution in [1.29, 1.82) is 0 Å². The largest absolute Gasteiger partial charge is 0.342 e. The molecule has 0 aliphatic carbocycles. The number of carbonyl (C=O) groups is 1. The molecule has 0 saturated carbocycles. The highest BCUT2D eigenvalue weighted by Crippen LogP contribution is 2.12. The Bertz CT molecular complexity index is 332. The van der Waals surface area contributed by atoms with Gasteiger partial charge in [0.05, 0.1) is 0 Å². The fraction of sp³-hybridized carbons (Fsp3) is 0.900. The van der Waals surface area contributed by atoms with Gasteiger partial charge in [0.15, 0.2) is 9.84 Å². The quantitative estimate of drug-likeness (QED) is 0.740. The minimum Gasteiger partial charge on any atom is -0.342 e. The van der Waals surface area contributed by atoms with Crippen LogP contribution in [-0.4, -0.2) is 57.4 Å². The zero-order chi connectivity index (χ0) is 12.2. The van der Waals surface area contributed by atoms with Crippen LogP contribution in [0.5, 0.6) is 0 Å². The Balaban J connectivity index is 2.54. The van der Waals surface area contributed by atoms with Gasteiger partial charge in [0.2, 0.25) is 5.91 Å². The van der Waals surface area contributed by atoms with E-state index in [4.69, 9.17) is 0 Å². The molecule has 1 fully saturated rings. The summed E-state index contributed by atoms with van der Waals surface area (Å²) in [7, 11) is -1.53. The van der Waals surface area contributed by atoms with E-state index < -0.39 is 9.84 Å². The number of nitrogens with zero attached hydrogens (tertiary/aromatic N) is 1. The van der Waals surface area contributed by atoms with Crippen molar-refractivity contribution in [2.75, 3.05) is 32.1 Å². The van der Waals surface area contributed by atoms with Crippen LogP contribution in [0.3, 0.4) is 0 Å². The van der Waals surface area contributed by atoms with Crippen molar-refractivity contribution in [3.05, 3.63) is 0 Å². The van der Waals surface area contributed by atoms with Gasteiger partial charge in [0.25, 0.3) is 0 Å². The molecule has 94 valence electrons. The first-order valence-corrected chi connectivity index (χ1v) is 7.60. The smallest absolute Gasteiger partial charge is 0.237 e. The van der Waals surface area contributed by atoms with Gasteiger partial charge in [-0.15, -0.1) is 0 Å². The fourth-order valence-electron chi connectivity index (χ4n) is 1.92. The van der Waals surface area contributed by atoms with Gasteiger partial charge in [-0.05, 0) is 32.4 Å². The molecule has 0 aromatic heterocycles. The van der Waals surface area contributed by atoms with Gasteiger partial charge in [-0.25, -0.2) is 8.42 Å². The van der Waals surface area contributed by atoms with Gasteiger partial charge in [-0.2, -0.15) is 0 Å². The van der Waals surface area contributed by atoms with E-state index in [0.717, 1.165) is 38.6 Å². The Morgan fingerprint density at radius 2 is 2.06 bits per heavy atom. The summed E-state index contributed by atoms with van der Waals surface area (Å²) in [6.07, 6.45) is 3.96. The molecule has 1 unspecified atom stereocenters. The van der Waals surface area contributed by atoms with E-state index in [2.05, 4.69) is 5.32 Å². The van der Waals surface area contributed by atoms with Crippen LogP contribution >= 0.6 is 0 Å². The third-order valence-corrected chi connectivity index (χ3v) is 3.64. The molecule has 1 heterocycles. The highest BCUT2D eigenvalue weighted by molar-refractivity contribution is 7.91. The predicted octanol–water partition coefficient (Wildman–Crippen LogP) is -0.368. The highest BCUT2D eigenvalue weighted by Gasteiger charge is 2.23. The topological polar surface area (TPSA) is 66.5 Å². The average molecular weight is 248 g/mol. The lowest BCUT2D eigenvalue weighted by molar-refractivity contribution is -0.129. The molecule has 0 aromatic carbocycles. The number of sulfone groups is 1.